The highest BCUT2D eigenvalue weighted by Crippen LogP contribution is 2.51. The number of halogens is 1. The second kappa shape index (κ2) is 5.11. The van der Waals surface area contributed by atoms with Gasteiger partial charge in [-0.15, -0.1) is 0 Å². The fraction of sp³-hybridized carbons (Fsp3) is 0.600. The zero-order valence-corrected chi connectivity index (χ0v) is 12.6. The van der Waals surface area contributed by atoms with Crippen LogP contribution in [0.25, 0.3) is 0 Å². The molecule has 0 spiro atoms. The molecule has 0 atom stereocenters. The Morgan fingerprint density at radius 1 is 1.35 bits per heavy atom. The molecule has 2 rings (SSSR count). The van der Waals surface area contributed by atoms with Gasteiger partial charge in [-0.2, -0.15) is 0 Å². The summed E-state index contributed by atoms with van der Waals surface area (Å²) in [7, 11) is 0. The molecule has 1 nitrogen and oxygen atoms in total. The Morgan fingerprint density at radius 3 is 2.59 bits per heavy atom. The maximum Gasteiger partial charge on any atom is 0.0205 e. The lowest BCUT2D eigenvalue weighted by Gasteiger charge is -2.20. The van der Waals surface area contributed by atoms with Crippen LogP contribution in [0.5, 0.6) is 0 Å². The van der Waals surface area contributed by atoms with Crippen LogP contribution in [0.4, 0.5) is 0 Å². The first-order valence-electron chi connectivity index (χ1n) is 6.49. The van der Waals surface area contributed by atoms with Gasteiger partial charge in [0.1, 0.15) is 0 Å². The monoisotopic (exact) mass is 295 g/mol. The summed E-state index contributed by atoms with van der Waals surface area (Å²) < 4.78 is 1.20. The largest absolute Gasteiger partial charge is 0.312 e. The van der Waals surface area contributed by atoms with E-state index in [1.165, 1.54) is 35.0 Å². The molecule has 1 saturated carbocycles. The van der Waals surface area contributed by atoms with Crippen molar-refractivity contribution in [2.75, 3.05) is 6.54 Å². The smallest absolute Gasteiger partial charge is 0.0205 e. The molecule has 0 radical (unpaired) electrons. The van der Waals surface area contributed by atoms with Crippen molar-refractivity contribution in [3.8, 4) is 0 Å². The SMILES string of the molecule is Cc1cc(CNCC2(C(C)C)CC2)ccc1Br. The van der Waals surface area contributed by atoms with E-state index in [2.05, 4.69) is 60.2 Å². The Bertz CT molecular complexity index is 394. The summed E-state index contributed by atoms with van der Waals surface area (Å²) in [6.45, 7) is 8.99. The Kier molecular flexibility index (Phi) is 3.94. The van der Waals surface area contributed by atoms with Gasteiger partial charge in [-0.05, 0) is 48.3 Å². The van der Waals surface area contributed by atoms with Crippen LogP contribution >= 0.6 is 15.9 Å². The summed E-state index contributed by atoms with van der Waals surface area (Å²) >= 11 is 3.54. The van der Waals surface area contributed by atoms with Crippen molar-refractivity contribution in [1.29, 1.82) is 0 Å². The first-order chi connectivity index (χ1) is 8.03. The number of hydrogen-bond acceptors (Lipinski definition) is 1. The molecule has 0 aliphatic heterocycles. The van der Waals surface area contributed by atoms with E-state index < -0.39 is 0 Å². The van der Waals surface area contributed by atoms with Gasteiger partial charge < -0.3 is 5.32 Å². The van der Waals surface area contributed by atoms with Gasteiger partial charge in [-0.25, -0.2) is 0 Å². The molecule has 0 aromatic heterocycles. The van der Waals surface area contributed by atoms with Crippen molar-refractivity contribution in [3.63, 3.8) is 0 Å². The predicted molar refractivity (Wildman–Crippen MR) is 77.1 cm³/mol. The van der Waals surface area contributed by atoms with E-state index in [0.29, 0.717) is 5.41 Å². The van der Waals surface area contributed by atoms with Crippen molar-refractivity contribution >= 4 is 15.9 Å². The van der Waals surface area contributed by atoms with E-state index in [4.69, 9.17) is 0 Å². The van der Waals surface area contributed by atoms with Gasteiger partial charge in [0.2, 0.25) is 0 Å². The Morgan fingerprint density at radius 2 is 2.06 bits per heavy atom. The molecule has 0 amide bonds. The normalized spacial score (nSPS) is 17.5. The van der Waals surface area contributed by atoms with Crippen LogP contribution in [-0.4, -0.2) is 6.54 Å². The average molecular weight is 296 g/mol. The van der Waals surface area contributed by atoms with E-state index in [0.717, 1.165) is 12.5 Å². The lowest BCUT2D eigenvalue weighted by molar-refractivity contribution is 0.338. The maximum absolute atomic E-state index is 3.62. The molecule has 94 valence electrons. The number of hydrogen-bond donors (Lipinski definition) is 1. The number of nitrogens with one attached hydrogen (secondary N) is 1. The minimum absolute atomic E-state index is 0.602. The zero-order chi connectivity index (χ0) is 12.5. The van der Waals surface area contributed by atoms with Crippen LogP contribution in [0.3, 0.4) is 0 Å². The lowest BCUT2D eigenvalue weighted by atomic mass is 9.92. The fourth-order valence-corrected chi connectivity index (χ4v) is 2.64. The molecule has 1 aromatic rings. The van der Waals surface area contributed by atoms with E-state index in [9.17, 15) is 0 Å². The van der Waals surface area contributed by atoms with E-state index in [1.54, 1.807) is 0 Å². The summed E-state index contributed by atoms with van der Waals surface area (Å²) in [6, 6.07) is 6.59. The van der Waals surface area contributed by atoms with E-state index >= 15 is 0 Å². The van der Waals surface area contributed by atoms with Gasteiger partial charge in [-0.3, -0.25) is 0 Å². The van der Waals surface area contributed by atoms with Gasteiger partial charge in [-0.1, -0.05) is 41.9 Å². The third kappa shape index (κ3) is 3.11. The van der Waals surface area contributed by atoms with Crippen LogP contribution in [0, 0.1) is 18.3 Å². The molecule has 0 bridgehead atoms. The first-order valence-corrected chi connectivity index (χ1v) is 7.28. The highest BCUT2D eigenvalue weighted by molar-refractivity contribution is 9.10. The highest BCUT2D eigenvalue weighted by Gasteiger charge is 2.44. The molecule has 17 heavy (non-hydrogen) atoms. The molecule has 1 aliphatic carbocycles. The van der Waals surface area contributed by atoms with Crippen LogP contribution in [0.2, 0.25) is 0 Å². The third-order valence-corrected chi connectivity index (χ3v) is 5.04. The van der Waals surface area contributed by atoms with Crippen molar-refractivity contribution < 1.29 is 0 Å². The summed E-state index contributed by atoms with van der Waals surface area (Å²) in [5.74, 6) is 0.807. The Balaban J connectivity index is 1.84. The van der Waals surface area contributed by atoms with Crippen LogP contribution < -0.4 is 5.32 Å². The Hall–Kier alpha value is -0.340. The average Bonchev–Trinajstić information content (AvgIpc) is 3.04. The van der Waals surface area contributed by atoms with Gasteiger partial charge in [0.25, 0.3) is 0 Å². The summed E-state index contributed by atoms with van der Waals surface area (Å²) in [5.41, 5.74) is 3.30. The van der Waals surface area contributed by atoms with Crippen molar-refractivity contribution in [2.24, 2.45) is 11.3 Å². The lowest BCUT2D eigenvalue weighted by Crippen LogP contribution is -2.27. The van der Waals surface area contributed by atoms with Crippen molar-refractivity contribution in [1.82, 2.24) is 5.32 Å². The van der Waals surface area contributed by atoms with Gasteiger partial charge in [0.05, 0.1) is 0 Å². The minimum atomic E-state index is 0.602. The summed E-state index contributed by atoms with van der Waals surface area (Å²) in [5, 5.41) is 3.62. The first kappa shape index (κ1) is 13.1. The van der Waals surface area contributed by atoms with Gasteiger partial charge in [0, 0.05) is 17.6 Å². The fourth-order valence-electron chi connectivity index (χ4n) is 2.39. The van der Waals surface area contributed by atoms with Crippen molar-refractivity contribution in [2.45, 2.75) is 40.2 Å². The summed E-state index contributed by atoms with van der Waals surface area (Å²) in [4.78, 5) is 0. The molecule has 0 saturated heterocycles. The van der Waals surface area contributed by atoms with Crippen LogP contribution in [0.15, 0.2) is 22.7 Å². The molecule has 0 heterocycles. The molecule has 2 heteroatoms. The second-order valence-corrected chi connectivity index (χ2v) is 6.56. The third-order valence-electron chi connectivity index (χ3n) is 4.15. The maximum atomic E-state index is 3.62. The highest BCUT2D eigenvalue weighted by atomic mass is 79.9. The predicted octanol–water partition coefficient (Wildman–Crippen LogP) is 4.28. The van der Waals surface area contributed by atoms with Gasteiger partial charge in [0.15, 0.2) is 0 Å². The molecular weight excluding hydrogens is 274 g/mol. The van der Waals surface area contributed by atoms with Crippen molar-refractivity contribution in [3.05, 3.63) is 33.8 Å². The number of benzene rings is 1. The Labute approximate surface area is 113 Å². The van der Waals surface area contributed by atoms with E-state index in [1.807, 2.05) is 0 Å². The molecule has 1 N–H and O–H groups in total. The van der Waals surface area contributed by atoms with Crippen LogP contribution in [0.1, 0.15) is 37.8 Å². The molecule has 0 unspecified atom stereocenters. The minimum Gasteiger partial charge on any atom is -0.312 e. The number of rotatable bonds is 5. The standard InChI is InChI=1S/C15H22BrN/c1-11(2)15(6-7-15)10-17-9-13-4-5-14(16)12(3)8-13/h4-5,8,11,17H,6-7,9-10H2,1-3H3. The quantitative estimate of drug-likeness (QED) is 0.855. The number of aryl methyl sites for hydroxylation is 1. The molecular formula is C15H22BrN. The zero-order valence-electron chi connectivity index (χ0n) is 11.0. The summed E-state index contributed by atoms with van der Waals surface area (Å²) in [6.07, 6.45) is 2.80. The van der Waals surface area contributed by atoms with E-state index in [-0.39, 0.29) is 0 Å². The molecule has 1 aromatic carbocycles. The van der Waals surface area contributed by atoms with Gasteiger partial charge >= 0.3 is 0 Å². The topological polar surface area (TPSA) is 12.0 Å². The van der Waals surface area contributed by atoms with Crippen LogP contribution in [-0.2, 0) is 6.54 Å². The second-order valence-electron chi connectivity index (χ2n) is 5.70. The molecule has 1 fully saturated rings. The molecule has 1 aliphatic rings.